The van der Waals surface area contributed by atoms with Gasteiger partial charge in [-0.05, 0) is 24.3 Å². The minimum absolute atomic E-state index is 0.232. The molecule has 0 saturated heterocycles. The molecule has 0 amide bonds. The number of benzene rings is 2. The van der Waals surface area contributed by atoms with E-state index in [-0.39, 0.29) is 21.4 Å². The molecular weight excluding hydrogens is 325 g/mol. The molecule has 0 atom stereocenters. The van der Waals surface area contributed by atoms with Crippen LogP contribution in [0.1, 0.15) is 0 Å². The normalized spacial score (nSPS) is 11.1. The topological polar surface area (TPSA) is 86.5 Å². The molecule has 0 spiro atoms. The zero-order valence-corrected chi connectivity index (χ0v) is 11.8. The zero-order valence-electron chi connectivity index (χ0n) is 10.2. The lowest BCUT2D eigenvalue weighted by Crippen LogP contribution is -2.10. The van der Waals surface area contributed by atoms with Gasteiger partial charge in [-0.3, -0.25) is 10.1 Å². The van der Waals surface area contributed by atoms with Crippen LogP contribution in [0.25, 0.3) is 0 Å². The first-order valence-electron chi connectivity index (χ1n) is 5.43. The van der Waals surface area contributed by atoms with Crippen LogP contribution >= 0.6 is 11.6 Å². The second-order valence-electron chi connectivity index (χ2n) is 3.87. The van der Waals surface area contributed by atoms with E-state index in [1.807, 2.05) is 0 Å². The number of nitro benzene ring substituents is 1. The third kappa shape index (κ3) is 3.47. The lowest BCUT2D eigenvalue weighted by molar-refractivity contribution is -0.384. The number of nitrogens with zero attached hydrogens (tertiary/aromatic N) is 1. The Bertz CT molecular complexity index is 809. The molecule has 0 aliphatic rings. The van der Waals surface area contributed by atoms with Gasteiger partial charge in [-0.2, -0.15) is 8.42 Å². The Balaban J connectivity index is 2.35. The summed E-state index contributed by atoms with van der Waals surface area (Å²) in [6.45, 7) is 0. The van der Waals surface area contributed by atoms with Crippen LogP contribution in [0.15, 0.2) is 47.4 Å². The average molecular weight is 332 g/mol. The van der Waals surface area contributed by atoms with Crippen LogP contribution in [-0.2, 0) is 10.1 Å². The molecule has 0 aliphatic heterocycles. The summed E-state index contributed by atoms with van der Waals surface area (Å²) in [5.74, 6) is -1.00. The van der Waals surface area contributed by atoms with E-state index in [4.69, 9.17) is 15.8 Å². The molecule has 21 heavy (non-hydrogen) atoms. The van der Waals surface area contributed by atoms with Gasteiger partial charge in [0.15, 0.2) is 0 Å². The number of halogens is 2. The Labute approximate surface area is 124 Å². The molecule has 6 nitrogen and oxygen atoms in total. The molecule has 0 fully saturated rings. The lowest BCUT2D eigenvalue weighted by Gasteiger charge is -2.07. The van der Waals surface area contributed by atoms with E-state index in [1.165, 1.54) is 18.2 Å². The third-order valence-corrected chi connectivity index (χ3v) is 3.95. The largest absolute Gasteiger partial charge is 0.379 e. The molecule has 2 aromatic carbocycles. The molecule has 0 N–H and O–H groups in total. The standard InChI is InChI=1S/C12H7ClFNO5S/c13-11-7-10(4-5-12(11)14)21(18,19)20-9-3-1-2-8(6-9)15(16)17/h1-7H. The number of hydrogen-bond donors (Lipinski definition) is 0. The monoisotopic (exact) mass is 331 g/mol. The molecule has 0 saturated carbocycles. The van der Waals surface area contributed by atoms with Gasteiger partial charge in [0.05, 0.1) is 16.0 Å². The summed E-state index contributed by atoms with van der Waals surface area (Å²) in [5.41, 5.74) is -0.320. The number of non-ortho nitro benzene ring substituents is 1. The van der Waals surface area contributed by atoms with Gasteiger partial charge in [0.2, 0.25) is 0 Å². The van der Waals surface area contributed by atoms with Crippen LogP contribution in [0.5, 0.6) is 5.75 Å². The van der Waals surface area contributed by atoms with Crippen LogP contribution in [0.2, 0.25) is 5.02 Å². The van der Waals surface area contributed by atoms with Crippen LogP contribution in [0, 0.1) is 15.9 Å². The highest BCUT2D eigenvalue weighted by Crippen LogP contribution is 2.25. The smallest absolute Gasteiger partial charge is 0.339 e. The fourth-order valence-electron chi connectivity index (χ4n) is 1.46. The first kappa shape index (κ1) is 15.2. The second kappa shape index (κ2) is 5.66. The minimum atomic E-state index is -4.27. The van der Waals surface area contributed by atoms with E-state index >= 15 is 0 Å². The SMILES string of the molecule is O=[N+]([O-])c1cccc(OS(=O)(=O)c2ccc(F)c(Cl)c2)c1. The van der Waals surface area contributed by atoms with Crippen molar-refractivity contribution < 1.29 is 21.9 Å². The van der Waals surface area contributed by atoms with Crippen LogP contribution in [-0.4, -0.2) is 13.3 Å². The van der Waals surface area contributed by atoms with Gasteiger partial charge in [-0.1, -0.05) is 17.7 Å². The minimum Gasteiger partial charge on any atom is -0.379 e. The maximum absolute atomic E-state index is 13.0. The summed E-state index contributed by atoms with van der Waals surface area (Å²) in [7, 11) is -4.27. The van der Waals surface area contributed by atoms with Crippen LogP contribution in [0.4, 0.5) is 10.1 Å². The highest BCUT2D eigenvalue weighted by molar-refractivity contribution is 7.87. The Kier molecular flexibility index (Phi) is 4.10. The van der Waals surface area contributed by atoms with Crippen LogP contribution in [0.3, 0.4) is 0 Å². The Morgan fingerprint density at radius 1 is 1.19 bits per heavy atom. The molecule has 0 aliphatic carbocycles. The Hall–Kier alpha value is -2.19. The van der Waals surface area contributed by atoms with Gasteiger partial charge >= 0.3 is 10.1 Å². The van der Waals surface area contributed by atoms with Gasteiger partial charge in [0.1, 0.15) is 16.5 Å². The summed E-state index contributed by atoms with van der Waals surface area (Å²) < 4.78 is 41.7. The number of hydrogen-bond acceptors (Lipinski definition) is 5. The quantitative estimate of drug-likeness (QED) is 0.488. The maximum atomic E-state index is 13.0. The fraction of sp³-hybridized carbons (Fsp3) is 0. The van der Waals surface area contributed by atoms with E-state index < -0.39 is 20.9 Å². The second-order valence-corrected chi connectivity index (χ2v) is 5.82. The molecule has 9 heteroatoms. The van der Waals surface area contributed by atoms with E-state index in [1.54, 1.807) is 0 Å². The number of rotatable bonds is 4. The summed E-state index contributed by atoms with van der Waals surface area (Å²) in [4.78, 5) is 9.57. The van der Waals surface area contributed by atoms with Crippen molar-refractivity contribution in [1.29, 1.82) is 0 Å². The van der Waals surface area contributed by atoms with Gasteiger partial charge < -0.3 is 4.18 Å². The summed E-state index contributed by atoms with van der Waals surface area (Å²) in [5, 5.41) is 10.2. The van der Waals surface area contributed by atoms with Gasteiger partial charge in [0.25, 0.3) is 5.69 Å². The molecule has 0 bridgehead atoms. The van der Waals surface area contributed by atoms with Crippen molar-refractivity contribution in [2.75, 3.05) is 0 Å². The predicted molar refractivity (Wildman–Crippen MR) is 72.3 cm³/mol. The Morgan fingerprint density at radius 2 is 1.90 bits per heavy atom. The Morgan fingerprint density at radius 3 is 2.52 bits per heavy atom. The zero-order chi connectivity index (χ0) is 15.6. The molecule has 0 heterocycles. The highest BCUT2D eigenvalue weighted by Gasteiger charge is 2.19. The molecule has 110 valence electrons. The van der Waals surface area contributed by atoms with Crippen molar-refractivity contribution in [3.63, 3.8) is 0 Å². The lowest BCUT2D eigenvalue weighted by atomic mass is 10.3. The van der Waals surface area contributed by atoms with E-state index in [0.29, 0.717) is 0 Å². The van der Waals surface area contributed by atoms with Gasteiger partial charge in [-0.15, -0.1) is 0 Å². The van der Waals surface area contributed by atoms with Crippen molar-refractivity contribution in [3.05, 3.63) is 63.4 Å². The van der Waals surface area contributed by atoms with Crippen molar-refractivity contribution >= 4 is 27.4 Å². The molecule has 0 unspecified atom stereocenters. The summed E-state index contributed by atoms with van der Waals surface area (Å²) >= 11 is 5.51. The van der Waals surface area contributed by atoms with Crippen molar-refractivity contribution in [1.82, 2.24) is 0 Å². The average Bonchev–Trinajstić information content (AvgIpc) is 2.41. The first-order chi connectivity index (χ1) is 9.79. The van der Waals surface area contributed by atoms with E-state index in [0.717, 1.165) is 24.3 Å². The van der Waals surface area contributed by atoms with Crippen molar-refractivity contribution in [2.45, 2.75) is 4.90 Å². The predicted octanol–water partition coefficient (Wildman–Crippen LogP) is 3.16. The fourth-order valence-corrected chi connectivity index (χ4v) is 2.65. The molecule has 2 rings (SSSR count). The molecule has 2 aromatic rings. The van der Waals surface area contributed by atoms with Crippen molar-refractivity contribution in [2.24, 2.45) is 0 Å². The van der Waals surface area contributed by atoms with E-state index in [2.05, 4.69) is 0 Å². The highest BCUT2D eigenvalue weighted by atomic mass is 35.5. The van der Waals surface area contributed by atoms with E-state index in [9.17, 15) is 22.9 Å². The number of nitro groups is 1. The third-order valence-electron chi connectivity index (χ3n) is 2.41. The molecular formula is C12H7ClFNO5S. The maximum Gasteiger partial charge on any atom is 0.339 e. The van der Waals surface area contributed by atoms with Gasteiger partial charge in [-0.25, -0.2) is 4.39 Å². The van der Waals surface area contributed by atoms with Crippen LogP contribution < -0.4 is 4.18 Å². The van der Waals surface area contributed by atoms with Crippen molar-refractivity contribution in [3.8, 4) is 5.75 Å². The van der Waals surface area contributed by atoms with Gasteiger partial charge in [0, 0.05) is 6.07 Å². The molecule has 0 radical (unpaired) electrons. The first-order valence-corrected chi connectivity index (χ1v) is 7.22. The summed E-state index contributed by atoms with van der Waals surface area (Å²) in [6.07, 6.45) is 0. The molecule has 0 aromatic heterocycles. The summed E-state index contributed by atoms with van der Waals surface area (Å²) in [6, 6.07) is 7.43.